The third-order valence-electron chi connectivity index (χ3n) is 3.55. The second-order valence-electron chi connectivity index (χ2n) is 5.15. The first kappa shape index (κ1) is 15.8. The number of halogens is 2. The summed E-state index contributed by atoms with van der Waals surface area (Å²) in [5.41, 5.74) is 0. The summed E-state index contributed by atoms with van der Waals surface area (Å²) in [5, 5.41) is 3.19. The van der Waals surface area contributed by atoms with Crippen molar-refractivity contribution < 1.29 is 13.6 Å². The Labute approximate surface area is 122 Å². The number of hydrogen-bond donors (Lipinski definition) is 1. The lowest BCUT2D eigenvalue weighted by atomic mass is 10.3. The van der Waals surface area contributed by atoms with Crippen molar-refractivity contribution in [1.29, 1.82) is 0 Å². The van der Waals surface area contributed by atoms with Crippen molar-refractivity contribution >= 4 is 5.91 Å². The minimum Gasteiger partial charge on any atom is -0.340 e. The van der Waals surface area contributed by atoms with Crippen LogP contribution in [0.4, 0.5) is 8.78 Å². The predicted molar refractivity (Wildman–Crippen MR) is 73.9 cm³/mol. The maximum Gasteiger partial charge on any atom is 0.319 e. The van der Waals surface area contributed by atoms with E-state index in [0.29, 0.717) is 25.3 Å². The van der Waals surface area contributed by atoms with Crippen LogP contribution in [0.2, 0.25) is 0 Å². The van der Waals surface area contributed by atoms with Gasteiger partial charge in [0, 0.05) is 51.5 Å². The van der Waals surface area contributed by atoms with Gasteiger partial charge in [-0.15, -0.1) is 0 Å². The highest BCUT2D eigenvalue weighted by Crippen LogP contribution is 2.13. The van der Waals surface area contributed by atoms with Gasteiger partial charge in [0.1, 0.15) is 5.82 Å². The van der Waals surface area contributed by atoms with E-state index in [2.05, 4.69) is 10.3 Å². The second-order valence-corrected chi connectivity index (χ2v) is 5.15. The van der Waals surface area contributed by atoms with Crippen LogP contribution in [0.1, 0.15) is 18.8 Å². The van der Waals surface area contributed by atoms with Crippen molar-refractivity contribution in [1.82, 2.24) is 24.7 Å². The molecule has 8 heteroatoms. The van der Waals surface area contributed by atoms with Gasteiger partial charge >= 0.3 is 6.55 Å². The molecule has 1 aliphatic rings. The van der Waals surface area contributed by atoms with E-state index >= 15 is 0 Å². The number of nitrogens with one attached hydrogen (secondary N) is 1. The zero-order valence-corrected chi connectivity index (χ0v) is 12.1. The molecule has 0 atom stereocenters. The number of amides is 1. The van der Waals surface area contributed by atoms with Crippen molar-refractivity contribution in [3.05, 3.63) is 18.2 Å². The summed E-state index contributed by atoms with van der Waals surface area (Å²) < 4.78 is 26.3. The molecule has 2 rings (SSSR count). The maximum atomic E-state index is 12.7. The number of rotatable bonds is 6. The van der Waals surface area contributed by atoms with Gasteiger partial charge in [0.2, 0.25) is 5.91 Å². The molecule has 1 N–H and O–H groups in total. The smallest absolute Gasteiger partial charge is 0.319 e. The molecule has 118 valence electrons. The summed E-state index contributed by atoms with van der Waals surface area (Å²) >= 11 is 0. The fraction of sp³-hybridized carbons (Fsp3) is 0.692. The van der Waals surface area contributed by atoms with Gasteiger partial charge in [-0.25, -0.2) is 4.98 Å². The Morgan fingerprint density at radius 2 is 2.19 bits per heavy atom. The van der Waals surface area contributed by atoms with Gasteiger partial charge < -0.3 is 10.2 Å². The zero-order chi connectivity index (χ0) is 15.2. The summed E-state index contributed by atoms with van der Waals surface area (Å²) in [4.78, 5) is 19.6. The highest BCUT2D eigenvalue weighted by Gasteiger charge is 2.17. The lowest BCUT2D eigenvalue weighted by Crippen LogP contribution is -2.47. The fourth-order valence-corrected chi connectivity index (χ4v) is 2.32. The van der Waals surface area contributed by atoms with Crippen LogP contribution in [-0.4, -0.2) is 65.0 Å². The summed E-state index contributed by atoms with van der Waals surface area (Å²) in [6, 6.07) is 0. The van der Waals surface area contributed by atoms with Crippen LogP contribution in [0.25, 0.3) is 0 Å². The number of imidazole rings is 1. The third kappa shape index (κ3) is 4.47. The fourth-order valence-electron chi connectivity index (χ4n) is 2.32. The first-order valence-corrected chi connectivity index (χ1v) is 7.05. The molecule has 1 aliphatic heterocycles. The Kier molecular flexibility index (Phi) is 5.63. The average Bonchev–Trinajstić information content (AvgIpc) is 2.94. The van der Waals surface area contributed by atoms with E-state index in [0.717, 1.165) is 30.7 Å². The largest absolute Gasteiger partial charge is 0.340 e. The van der Waals surface area contributed by atoms with Crippen LogP contribution in [0.15, 0.2) is 12.4 Å². The van der Waals surface area contributed by atoms with E-state index in [4.69, 9.17) is 0 Å². The Morgan fingerprint density at radius 3 is 2.86 bits per heavy atom. The number of aromatic nitrogens is 2. The molecule has 0 unspecified atom stereocenters. The van der Waals surface area contributed by atoms with E-state index in [1.54, 1.807) is 7.05 Å². The van der Waals surface area contributed by atoms with Crippen molar-refractivity contribution in [2.24, 2.45) is 0 Å². The van der Waals surface area contributed by atoms with Crippen LogP contribution in [0.5, 0.6) is 0 Å². The van der Waals surface area contributed by atoms with Crippen molar-refractivity contribution in [3.63, 3.8) is 0 Å². The molecule has 21 heavy (non-hydrogen) atoms. The highest BCUT2D eigenvalue weighted by molar-refractivity contribution is 5.76. The lowest BCUT2D eigenvalue weighted by Gasteiger charge is -2.28. The van der Waals surface area contributed by atoms with Gasteiger partial charge in [0.05, 0.1) is 6.54 Å². The monoisotopic (exact) mass is 301 g/mol. The first-order valence-electron chi connectivity index (χ1n) is 7.05. The summed E-state index contributed by atoms with van der Waals surface area (Å²) in [5.74, 6) is 0.419. The minimum absolute atomic E-state index is 0.112. The molecule has 1 amide bonds. The summed E-state index contributed by atoms with van der Waals surface area (Å²) in [6.07, 6.45) is 3.02. The van der Waals surface area contributed by atoms with Crippen LogP contribution >= 0.6 is 0 Å². The van der Waals surface area contributed by atoms with E-state index in [1.165, 1.54) is 12.4 Å². The molecule has 2 heterocycles. The average molecular weight is 301 g/mol. The quantitative estimate of drug-likeness (QED) is 0.833. The van der Waals surface area contributed by atoms with E-state index in [9.17, 15) is 13.6 Å². The maximum absolute atomic E-state index is 12.7. The number of alkyl halides is 2. The molecule has 1 aromatic heterocycles. The summed E-state index contributed by atoms with van der Waals surface area (Å²) in [6.45, 7) is 1.36. The molecule has 0 bridgehead atoms. The van der Waals surface area contributed by atoms with Gasteiger partial charge in [0.15, 0.2) is 0 Å². The molecule has 1 fully saturated rings. The normalized spacial score (nSPS) is 16.0. The molecule has 0 spiro atoms. The molecule has 0 radical (unpaired) electrons. The van der Waals surface area contributed by atoms with Crippen LogP contribution in [-0.2, 0) is 11.3 Å². The van der Waals surface area contributed by atoms with Crippen molar-refractivity contribution in [3.8, 4) is 0 Å². The van der Waals surface area contributed by atoms with E-state index < -0.39 is 6.55 Å². The molecule has 6 nitrogen and oxygen atoms in total. The van der Waals surface area contributed by atoms with Crippen LogP contribution in [0.3, 0.4) is 0 Å². The number of piperazine rings is 1. The first-order chi connectivity index (χ1) is 10.1. The predicted octanol–water partition coefficient (Wildman–Crippen LogP) is 0.532. The van der Waals surface area contributed by atoms with Gasteiger partial charge in [-0.1, -0.05) is 0 Å². The number of carbonyl (C=O) groups excluding carboxylic acids is 1. The lowest BCUT2D eigenvalue weighted by molar-refractivity contribution is -0.132. The minimum atomic E-state index is -2.58. The topological polar surface area (TPSA) is 53.4 Å². The Bertz CT molecular complexity index is 459. The zero-order valence-electron chi connectivity index (χ0n) is 12.1. The van der Waals surface area contributed by atoms with Gasteiger partial charge in [-0.2, -0.15) is 8.78 Å². The third-order valence-corrected chi connectivity index (χ3v) is 3.55. The van der Waals surface area contributed by atoms with Gasteiger partial charge in [0.25, 0.3) is 0 Å². The molecule has 1 aromatic rings. The molecule has 0 saturated carbocycles. The van der Waals surface area contributed by atoms with Crippen molar-refractivity contribution in [2.75, 3.05) is 39.8 Å². The Balaban J connectivity index is 1.77. The number of nitrogens with zero attached hydrogens (tertiary/aromatic N) is 4. The molecular formula is C13H21F2N5O. The molecule has 0 aromatic carbocycles. The standard InChI is InChI=1S/C13H21F2N5O/c1-18(10-11-17-5-9-20(11)13(14)15)6-2-12(21)19-7-3-16-4-8-19/h5,9,13,16H,2-4,6-8,10H2,1H3. The number of carbonyl (C=O) groups is 1. The second kappa shape index (κ2) is 7.46. The van der Waals surface area contributed by atoms with E-state index in [-0.39, 0.29) is 5.91 Å². The molecule has 0 aliphatic carbocycles. The van der Waals surface area contributed by atoms with Crippen molar-refractivity contribution in [2.45, 2.75) is 19.5 Å². The Morgan fingerprint density at radius 1 is 1.48 bits per heavy atom. The Hall–Kier alpha value is -1.54. The highest BCUT2D eigenvalue weighted by atomic mass is 19.3. The molecular weight excluding hydrogens is 280 g/mol. The van der Waals surface area contributed by atoms with Gasteiger partial charge in [-0.05, 0) is 7.05 Å². The van der Waals surface area contributed by atoms with Crippen LogP contribution < -0.4 is 5.32 Å². The molecule has 1 saturated heterocycles. The SMILES string of the molecule is CN(CCC(=O)N1CCNCC1)Cc1nccn1C(F)F. The van der Waals surface area contributed by atoms with Gasteiger partial charge in [-0.3, -0.25) is 14.3 Å². The summed E-state index contributed by atoms with van der Waals surface area (Å²) in [7, 11) is 1.80. The number of hydrogen-bond acceptors (Lipinski definition) is 4. The van der Waals surface area contributed by atoms with E-state index in [1.807, 2.05) is 9.80 Å². The van der Waals surface area contributed by atoms with Crippen LogP contribution in [0, 0.1) is 0 Å².